The number of hydrogen-bond acceptors (Lipinski definition) is 6. The van der Waals surface area contributed by atoms with Gasteiger partial charge in [0.2, 0.25) is 11.8 Å². The molecule has 0 saturated carbocycles. The highest BCUT2D eigenvalue weighted by Crippen LogP contribution is 2.32. The normalized spacial score (nSPS) is 11.6. The Balaban J connectivity index is 1.52. The van der Waals surface area contributed by atoms with Gasteiger partial charge in [-0.1, -0.05) is 6.07 Å². The third kappa shape index (κ3) is 4.25. The van der Waals surface area contributed by atoms with E-state index in [0.29, 0.717) is 22.5 Å². The first-order valence-electron chi connectivity index (χ1n) is 9.11. The van der Waals surface area contributed by atoms with Gasteiger partial charge in [0.15, 0.2) is 0 Å². The third-order valence-corrected chi connectivity index (χ3v) is 4.69. The molecule has 0 aliphatic carbocycles. The first-order valence-corrected chi connectivity index (χ1v) is 9.11. The average Bonchev–Trinajstić information content (AvgIpc) is 3.16. The van der Waals surface area contributed by atoms with Crippen molar-refractivity contribution in [1.82, 2.24) is 24.9 Å². The molecule has 4 heterocycles. The number of methoxy groups -OCH3 is 1. The summed E-state index contributed by atoms with van der Waals surface area (Å²) in [5.41, 5.74) is 0.717. The number of fused-ring (bicyclic) bond motifs is 1. The quantitative estimate of drug-likeness (QED) is 0.352. The van der Waals surface area contributed by atoms with Gasteiger partial charge in [0.25, 0.3) is 0 Å². The number of aromatic amines is 1. The molecule has 160 valence electrons. The van der Waals surface area contributed by atoms with Gasteiger partial charge in [0, 0.05) is 42.7 Å². The van der Waals surface area contributed by atoms with Crippen molar-refractivity contribution in [3.05, 3.63) is 71.3 Å². The van der Waals surface area contributed by atoms with E-state index in [9.17, 15) is 17.6 Å². The first-order chi connectivity index (χ1) is 14.9. The van der Waals surface area contributed by atoms with Crippen molar-refractivity contribution in [2.45, 2.75) is 19.1 Å². The van der Waals surface area contributed by atoms with E-state index in [1.165, 1.54) is 25.6 Å². The molecule has 0 aliphatic heterocycles. The standard InChI is InChI=1S/C20H16F4N6O/c1-31-19-16-12(8-27-18(16)28-10-29-19)6-11-2-3-15(30-17(11)21)26-9-13-7-25-5-4-14(13)20(22,23)24/h2-5,7-8,10H,6,9H2,1H3,(H,26,30)(H,27,28,29). The van der Waals surface area contributed by atoms with E-state index in [1.807, 2.05) is 0 Å². The molecule has 4 rings (SSSR count). The monoisotopic (exact) mass is 432 g/mol. The van der Waals surface area contributed by atoms with Gasteiger partial charge in [-0.3, -0.25) is 4.98 Å². The highest BCUT2D eigenvalue weighted by atomic mass is 19.4. The molecule has 31 heavy (non-hydrogen) atoms. The summed E-state index contributed by atoms with van der Waals surface area (Å²) in [5.74, 6) is -0.264. The van der Waals surface area contributed by atoms with Crippen LogP contribution in [0.5, 0.6) is 5.88 Å². The van der Waals surface area contributed by atoms with Crippen molar-refractivity contribution in [2.75, 3.05) is 12.4 Å². The van der Waals surface area contributed by atoms with Crippen molar-refractivity contribution in [3.63, 3.8) is 0 Å². The predicted octanol–water partition coefficient (Wildman–Crippen LogP) is 4.12. The van der Waals surface area contributed by atoms with Crippen LogP contribution in [-0.4, -0.2) is 32.0 Å². The number of halogens is 4. The summed E-state index contributed by atoms with van der Waals surface area (Å²) in [7, 11) is 1.48. The molecule has 0 bridgehead atoms. The van der Waals surface area contributed by atoms with Crippen LogP contribution in [0.15, 0.2) is 43.1 Å². The lowest BCUT2D eigenvalue weighted by atomic mass is 10.1. The molecule has 2 N–H and O–H groups in total. The fraction of sp³-hybridized carbons (Fsp3) is 0.200. The Kier molecular flexibility index (Phi) is 5.40. The summed E-state index contributed by atoms with van der Waals surface area (Å²) >= 11 is 0. The molecule has 11 heteroatoms. The van der Waals surface area contributed by atoms with Gasteiger partial charge in [-0.25, -0.2) is 15.0 Å². The Morgan fingerprint density at radius 3 is 2.68 bits per heavy atom. The summed E-state index contributed by atoms with van der Waals surface area (Å²) in [5, 5.41) is 3.35. The molecule has 4 aromatic rings. The Hall–Kier alpha value is -3.76. The number of pyridine rings is 2. The first kappa shape index (κ1) is 20.5. The van der Waals surface area contributed by atoms with Gasteiger partial charge < -0.3 is 15.0 Å². The zero-order valence-corrected chi connectivity index (χ0v) is 16.2. The highest BCUT2D eigenvalue weighted by molar-refractivity contribution is 5.85. The van der Waals surface area contributed by atoms with E-state index >= 15 is 0 Å². The van der Waals surface area contributed by atoms with E-state index in [0.717, 1.165) is 24.0 Å². The number of hydrogen-bond donors (Lipinski definition) is 2. The molecule has 0 spiro atoms. The number of nitrogens with one attached hydrogen (secondary N) is 2. The van der Waals surface area contributed by atoms with Crippen molar-refractivity contribution < 1.29 is 22.3 Å². The lowest BCUT2D eigenvalue weighted by molar-refractivity contribution is -0.138. The Bertz CT molecular complexity index is 1220. The Morgan fingerprint density at radius 2 is 1.94 bits per heavy atom. The minimum atomic E-state index is -4.51. The summed E-state index contributed by atoms with van der Waals surface area (Å²) < 4.78 is 59.1. The minimum absolute atomic E-state index is 0.0628. The Labute approximate surface area is 173 Å². The second-order valence-electron chi connectivity index (χ2n) is 6.63. The molecule has 0 saturated heterocycles. The molecule has 0 aliphatic rings. The van der Waals surface area contributed by atoms with Gasteiger partial charge in [-0.2, -0.15) is 17.6 Å². The number of rotatable bonds is 6. The van der Waals surface area contributed by atoms with Crippen molar-refractivity contribution in [3.8, 4) is 5.88 Å². The fourth-order valence-electron chi connectivity index (χ4n) is 3.22. The molecule has 0 fully saturated rings. The molecule has 0 aromatic carbocycles. The summed E-state index contributed by atoms with van der Waals surface area (Å²) in [6.45, 7) is -0.203. The zero-order chi connectivity index (χ0) is 22.0. The van der Waals surface area contributed by atoms with Gasteiger partial charge in [-0.15, -0.1) is 0 Å². The van der Waals surface area contributed by atoms with Crippen LogP contribution in [0.3, 0.4) is 0 Å². The van der Waals surface area contributed by atoms with Crippen LogP contribution in [0, 0.1) is 5.95 Å². The maximum atomic E-state index is 14.6. The number of H-pyrrole nitrogens is 1. The molecule has 7 nitrogen and oxygen atoms in total. The van der Waals surface area contributed by atoms with E-state index in [-0.39, 0.29) is 24.3 Å². The van der Waals surface area contributed by atoms with Crippen LogP contribution in [0.1, 0.15) is 22.3 Å². The smallest absolute Gasteiger partial charge is 0.416 e. The minimum Gasteiger partial charge on any atom is -0.480 e. The van der Waals surface area contributed by atoms with Gasteiger partial charge in [0.05, 0.1) is 18.1 Å². The van der Waals surface area contributed by atoms with Crippen molar-refractivity contribution in [1.29, 1.82) is 0 Å². The second-order valence-corrected chi connectivity index (χ2v) is 6.63. The van der Waals surface area contributed by atoms with Crippen LogP contribution in [-0.2, 0) is 19.1 Å². The molecular weight excluding hydrogens is 416 g/mol. The molecule has 0 unspecified atom stereocenters. The number of alkyl halides is 3. The van der Waals surface area contributed by atoms with Crippen LogP contribution >= 0.6 is 0 Å². The molecule has 0 radical (unpaired) electrons. The zero-order valence-electron chi connectivity index (χ0n) is 16.2. The second kappa shape index (κ2) is 8.17. The number of ether oxygens (including phenoxy) is 1. The van der Waals surface area contributed by atoms with Crippen LogP contribution in [0.2, 0.25) is 0 Å². The molecule has 4 aromatic heterocycles. The van der Waals surface area contributed by atoms with Crippen LogP contribution in [0.4, 0.5) is 23.4 Å². The largest absolute Gasteiger partial charge is 0.480 e. The lowest BCUT2D eigenvalue weighted by Gasteiger charge is -2.13. The topological polar surface area (TPSA) is 88.6 Å². The third-order valence-electron chi connectivity index (χ3n) is 4.69. The van der Waals surface area contributed by atoms with Gasteiger partial charge in [0.1, 0.15) is 17.8 Å². The number of nitrogens with zero attached hydrogens (tertiary/aromatic N) is 4. The number of aromatic nitrogens is 5. The van der Waals surface area contributed by atoms with Crippen LogP contribution in [0.25, 0.3) is 11.0 Å². The van der Waals surface area contributed by atoms with E-state index in [1.54, 1.807) is 6.20 Å². The fourth-order valence-corrected chi connectivity index (χ4v) is 3.22. The van der Waals surface area contributed by atoms with Crippen LogP contribution < -0.4 is 10.1 Å². The molecule has 0 atom stereocenters. The lowest BCUT2D eigenvalue weighted by Crippen LogP contribution is -2.13. The maximum Gasteiger partial charge on any atom is 0.416 e. The average molecular weight is 432 g/mol. The van der Waals surface area contributed by atoms with Crippen molar-refractivity contribution in [2.24, 2.45) is 0 Å². The van der Waals surface area contributed by atoms with Gasteiger partial charge >= 0.3 is 6.18 Å². The summed E-state index contributed by atoms with van der Waals surface area (Å²) in [6, 6.07) is 3.92. The maximum absolute atomic E-state index is 14.6. The molecular formula is C20H16F4N6O. The van der Waals surface area contributed by atoms with E-state index in [4.69, 9.17) is 4.74 Å². The summed E-state index contributed by atoms with van der Waals surface area (Å²) in [6.07, 6.45) is 0.929. The van der Waals surface area contributed by atoms with Gasteiger partial charge in [-0.05, 0) is 17.7 Å². The SMILES string of the molecule is COc1ncnc2[nH]cc(Cc3ccc(NCc4cnccc4C(F)(F)F)nc3F)c12. The highest BCUT2D eigenvalue weighted by Gasteiger charge is 2.33. The van der Waals surface area contributed by atoms with E-state index in [2.05, 4.69) is 30.2 Å². The van der Waals surface area contributed by atoms with Crippen molar-refractivity contribution >= 4 is 16.9 Å². The number of anilines is 1. The Morgan fingerprint density at radius 1 is 1.10 bits per heavy atom. The summed E-state index contributed by atoms with van der Waals surface area (Å²) in [4.78, 5) is 18.7. The van der Waals surface area contributed by atoms with E-state index < -0.39 is 17.7 Å². The predicted molar refractivity (Wildman–Crippen MR) is 104 cm³/mol. The molecule has 0 amide bonds.